The van der Waals surface area contributed by atoms with Gasteiger partial charge in [0, 0.05) is 5.38 Å². The zero-order valence-electron chi connectivity index (χ0n) is 6.06. The number of alkyl halides is 4. The summed E-state index contributed by atoms with van der Waals surface area (Å²) in [6.07, 6.45) is -4.47. The Balaban J connectivity index is 2.93. The van der Waals surface area contributed by atoms with E-state index in [0.29, 0.717) is 11.3 Å². The van der Waals surface area contributed by atoms with Gasteiger partial charge < -0.3 is 0 Å². The molecule has 0 saturated carbocycles. The molecule has 0 unspecified atom stereocenters. The fourth-order valence-electron chi connectivity index (χ4n) is 0.589. The van der Waals surface area contributed by atoms with Gasteiger partial charge in [-0.25, -0.2) is 4.98 Å². The second-order valence-corrected chi connectivity index (χ2v) is 3.51. The first kappa shape index (κ1) is 10.6. The van der Waals surface area contributed by atoms with Crippen molar-refractivity contribution in [2.24, 2.45) is 0 Å². The highest BCUT2D eigenvalue weighted by molar-refractivity contribution is 9.09. The van der Waals surface area contributed by atoms with Crippen molar-refractivity contribution in [3.8, 4) is 0 Å². The van der Waals surface area contributed by atoms with Crippen molar-refractivity contribution in [1.82, 2.24) is 4.98 Å². The first-order valence-corrected chi connectivity index (χ1v) is 5.07. The Labute approximate surface area is 83.9 Å². The molecule has 1 aromatic heterocycles. The van der Waals surface area contributed by atoms with Gasteiger partial charge in [0.25, 0.3) is 0 Å². The zero-order valence-corrected chi connectivity index (χ0v) is 8.46. The van der Waals surface area contributed by atoms with E-state index in [9.17, 15) is 18.0 Å². The predicted octanol–water partition coefficient (Wildman–Crippen LogP) is 2.74. The lowest BCUT2D eigenvalue weighted by Crippen LogP contribution is -2.07. The topological polar surface area (TPSA) is 30.0 Å². The molecule has 0 N–H and O–H groups in total. The molecule has 0 radical (unpaired) electrons. The molecule has 1 rings (SSSR count). The zero-order chi connectivity index (χ0) is 10.1. The molecule has 0 aliphatic carbocycles. The maximum atomic E-state index is 12.0. The Morgan fingerprint density at radius 2 is 2.23 bits per heavy atom. The van der Waals surface area contributed by atoms with E-state index in [2.05, 4.69) is 20.9 Å². The lowest BCUT2D eigenvalue weighted by molar-refractivity contribution is -0.140. The minimum absolute atomic E-state index is 0.0161. The van der Waals surface area contributed by atoms with Gasteiger partial charge in [0.1, 0.15) is 0 Å². The highest BCUT2D eigenvalue weighted by Crippen LogP contribution is 2.30. The van der Waals surface area contributed by atoms with Crippen molar-refractivity contribution in [2.75, 3.05) is 5.33 Å². The standard InChI is InChI=1S/C6H3BrF3NOS/c7-1-3(12)5-11-4(2-13-5)6(8,9)10/h2H,1H2. The molecular weight excluding hydrogens is 271 g/mol. The van der Waals surface area contributed by atoms with Gasteiger partial charge in [-0.1, -0.05) is 15.9 Å². The Kier molecular flexibility index (Phi) is 3.07. The van der Waals surface area contributed by atoms with Crippen LogP contribution in [-0.4, -0.2) is 16.1 Å². The first-order chi connectivity index (χ1) is 5.95. The summed E-state index contributed by atoms with van der Waals surface area (Å²) in [5, 5.41) is 0.692. The summed E-state index contributed by atoms with van der Waals surface area (Å²) < 4.78 is 36.0. The fraction of sp³-hybridized carbons (Fsp3) is 0.333. The van der Waals surface area contributed by atoms with E-state index < -0.39 is 17.7 Å². The highest BCUT2D eigenvalue weighted by atomic mass is 79.9. The van der Waals surface area contributed by atoms with E-state index >= 15 is 0 Å². The van der Waals surface area contributed by atoms with Gasteiger partial charge >= 0.3 is 6.18 Å². The van der Waals surface area contributed by atoms with Crippen LogP contribution in [0.25, 0.3) is 0 Å². The molecule has 13 heavy (non-hydrogen) atoms. The number of rotatable bonds is 2. The maximum absolute atomic E-state index is 12.0. The average molecular weight is 274 g/mol. The van der Waals surface area contributed by atoms with Crippen LogP contribution in [0.4, 0.5) is 13.2 Å². The van der Waals surface area contributed by atoms with Crippen LogP contribution in [0, 0.1) is 0 Å². The van der Waals surface area contributed by atoms with E-state index in [1.807, 2.05) is 0 Å². The number of halogens is 4. The van der Waals surface area contributed by atoms with Crippen LogP contribution in [0.15, 0.2) is 5.38 Å². The lowest BCUT2D eigenvalue weighted by Gasteiger charge is -1.99. The SMILES string of the molecule is O=C(CBr)c1nc(C(F)(F)F)cs1. The van der Waals surface area contributed by atoms with Crippen LogP contribution in [0.5, 0.6) is 0 Å². The van der Waals surface area contributed by atoms with Crippen molar-refractivity contribution in [1.29, 1.82) is 0 Å². The van der Waals surface area contributed by atoms with Crippen molar-refractivity contribution in [3.63, 3.8) is 0 Å². The maximum Gasteiger partial charge on any atom is 0.434 e. The summed E-state index contributed by atoms with van der Waals surface area (Å²) in [6, 6.07) is 0. The molecule has 0 aromatic carbocycles. The molecule has 0 spiro atoms. The molecule has 0 fully saturated rings. The number of aromatic nitrogens is 1. The van der Waals surface area contributed by atoms with E-state index in [1.54, 1.807) is 0 Å². The molecule has 72 valence electrons. The molecule has 0 saturated heterocycles. The van der Waals surface area contributed by atoms with Gasteiger partial charge in [-0.15, -0.1) is 11.3 Å². The van der Waals surface area contributed by atoms with E-state index in [0.717, 1.165) is 5.38 Å². The van der Waals surface area contributed by atoms with Crippen molar-refractivity contribution < 1.29 is 18.0 Å². The fourth-order valence-corrected chi connectivity index (χ4v) is 1.80. The molecule has 1 aromatic rings. The van der Waals surface area contributed by atoms with E-state index in [-0.39, 0.29) is 10.3 Å². The highest BCUT2D eigenvalue weighted by Gasteiger charge is 2.34. The second kappa shape index (κ2) is 3.75. The molecule has 0 amide bonds. The molecular formula is C6H3BrF3NOS. The molecule has 1 heterocycles. The van der Waals surface area contributed by atoms with Gasteiger partial charge in [-0.3, -0.25) is 4.79 Å². The third-order valence-electron chi connectivity index (χ3n) is 1.15. The molecule has 0 aliphatic rings. The number of hydrogen-bond donors (Lipinski definition) is 0. The summed E-state index contributed by atoms with van der Waals surface area (Å²) >= 11 is 3.55. The number of carbonyl (C=O) groups is 1. The second-order valence-electron chi connectivity index (χ2n) is 2.09. The Morgan fingerprint density at radius 1 is 1.62 bits per heavy atom. The monoisotopic (exact) mass is 273 g/mol. The summed E-state index contributed by atoms with van der Waals surface area (Å²) in [6.45, 7) is 0. The summed E-state index contributed by atoms with van der Waals surface area (Å²) in [5.74, 6) is -0.444. The Morgan fingerprint density at radius 3 is 2.62 bits per heavy atom. The van der Waals surface area contributed by atoms with E-state index in [4.69, 9.17) is 0 Å². The number of thiazole rings is 1. The first-order valence-electron chi connectivity index (χ1n) is 3.07. The smallest absolute Gasteiger partial charge is 0.291 e. The normalized spacial score (nSPS) is 11.7. The molecule has 0 atom stereocenters. The predicted molar refractivity (Wildman–Crippen MR) is 45.2 cm³/mol. The minimum atomic E-state index is -4.47. The van der Waals surface area contributed by atoms with Crippen LogP contribution in [0.2, 0.25) is 0 Å². The van der Waals surface area contributed by atoms with Crippen molar-refractivity contribution in [3.05, 3.63) is 16.1 Å². The van der Waals surface area contributed by atoms with Crippen LogP contribution >= 0.6 is 27.3 Å². The number of nitrogens with zero attached hydrogens (tertiary/aromatic N) is 1. The van der Waals surface area contributed by atoms with Gasteiger partial charge in [0.15, 0.2) is 10.7 Å². The number of hydrogen-bond acceptors (Lipinski definition) is 3. The molecule has 7 heteroatoms. The molecule has 2 nitrogen and oxygen atoms in total. The van der Waals surface area contributed by atoms with Crippen molar-refractivity contribution >= 4 is 33.0 Å². The Bertz CT molecular complexity index is 322. The quantitative estimate of drug-likeness (QED) is 0.613. The lowest BCUT2D eigenvalue weighted by atomic mass is 10.4. The number of ketones is 1. The van der Waals surface area contributed by atoms with Crippen LogP contribution in [0.1, 0.15) is 15.5 Å². The summed E-state index contributed by atoms with van der Waals surface area (Å²) in [7, 11) is 0. The third-order valence-corrected chi connectivity index (χ3v) is 2.55. The van der Waals surface area contributed by atoms with Crippen LogP contribution in [0.3, 0.4) is 0 Å². The van der Waals surface area contributed by atoms with Crippen LogP contribution in [-0.2, 0) is 6.18 Å². The van der Waals surface area contributed by atoms with Gasteiger partial charge in [-0.2, -0.15) is 13.2 Å². The number of Topliss-reactive ketones (excluding diaryl/α,β-unsaturated/α-hetero) is 1. The number of carbonyl (C=O) groups excluding carboxylic acids is 1. The third kappa shape index (κ3) is 2.50. The summed E-state index contributed by atoms with van der Waals surface area (Å²) in [5.41, 5.74) is -1.01. The largest absolute Gasteiger partial charge is 0.434 e. The molecule has 0 aliphatic heterocycles. The molecule has 0 bridgehead atoms. The van der Waals surface area contributed by atoms with Gasteiger partial charge in [-0.05, 0) is 0 Å². The Hall–Kier alpha value is -0.430. The van der Waals surface area contributed by atoms with Gasteiger partial charge in [0.05, 0.1) is 5.33 Å². The van der Waals surface area contributed by atoms with Crippen molar-refractivity contribution in [2.45, 2.75) is 6.18 Å². The average Bonchev–Trinajstić information content (AvgIpc) is 2.50. The van der Waals surface area contributed by atoms with E-state index in [1.165, 1.54) is 0 Å². The van der Waals surface area contributed by atoms with Crippen LogP contribution < -0.4 is 0 Å². The summed E-state index contributed by atoms with van der Waals surface area (Å²) in [4.78, 5) is 14.1. The van der Waals surface area contributed by atoms with Gasteiger partial charge in [0.2, 0.25) is 5.78 Å². The minimum Gasteiger partial charge on any atom is -0.291 e.